The van der Waals surface area contributed by atoms with Gasteiger partial charge in [-0.05, 0) is 38.5 Å². The summed E-state index contributed by atoms with van der Waals surface area (Å²) in [6.45, 7) is 3.39. The van der Waals surface area contributed by atoms with Gasteiger partial charge in [-0.2, -0.15) is 0 Å². The van der Waals surface area contributed by atoms with Crippen LogP contribution in [0.4, 0.5) is 0 Å². The molecule has 11 heteroatoms. The van der Waals surface area contributed by atoms with Gasteiger partial charge in [0.25, 0.3) is 0 Å². The summed E-state index contributed by atoms with van der Waals surface area (Å²) in [4.78, 5) is 13.0. The first-order valence-corrected chi connectivity index (χ1v) is 23.1. The molecule has 8 N–H and O–H groups in total. The van der Waals surface area contributed by atoms with Crippen LogP contribution in [0.25, 0.3) is 0 Å². The molecule has 332 valence electrons. The van der Waals surface area contributed by atoms with Crippen molar-refractivity contribution in [3.63, 3.8) is 0 Å². The lowest BCUT2D eigenvalue weighted by atomic mass is 9.98. The smallest absolute Gasteiger partial charge is 0.249 e. The van der Waals surface area contributed by atoms with E-state index in [1.807, 2.05) is 0 Å². The van der Waals surface area contributed by atoms with E-state index in [0.717, 1.165) is 38.5 Å². The van der Waals surface area contributed by atoms with Crippen LogP contribution in [0, 0.1) is 0 Å². The van der Waals surface area contributed by atoms with E-state index in [-0.39, 0.29) is 12.8 Å². The molecular formula is C45H87NO10. The Hall–Kier alpha value is -1.15. The Morgan fingerprint density at radius 3 is 1.54 bits per heavy atom. The molecule has 9 atom stereocenters. The van der Waals surface area contributed by atoms with E-state index in [1.54, 1.807) is 0 Å². The maximum Gasteiger partial charge on any atom is 0.249 e. The van der Waals surface area contributed by atoms with Crippen molar-refractivity contribution >= 4 is 5.91 Å². The second-order valence-corrected chi connectivity index (χ2v) is 16.5. The topological polar surface area (TPSA) is 189 Å². The van der Waals surface area contributed by atoms with Gasteiger partial charge in [-0.15, -0.1) is 0 Å². The number of nitrogens with one attached hydrogen (secondary N) is 1. The van der Waals surface area contributed by atoms with Crippen molar-refractivity contribution in [1.82, 2.24) is 5.32 Å². The summed E-state index contributed by atoms with van der Waals surface area (Å²) in [7, 11) is 0. The number of allylic oxidation sites excluding steroid dienone is 2. The Kier molecular flexibility index (Phi) is 33.8. The fourth-order valence-electron chi connectivity index (χ4n) is 7.44. The van der Waals surface area contributed by atoms with Crippen molar-refractivity contribution in [3.05, 3.63) is 12.2 Å². The summed E-state index contributed by atoms with van der Waals surface area (Å²) in [6, 6.07) is -1.18. The fraction of sp³-hybridized carbons (Fsp3) is 0.933. The zero-order valence-corrected chi connectivity index (χ0v) is 35.6. The lowest BCUT2D eigenvalue weighted by Crippen LogP contribution is -2.60. The van der Waals surface area contributed by atoms with Crippen molar-refractivity contribution in [2.24, 2.45) is 0 Å². The van der Waals surface area contributed by atoms with E-state index >= 15 is 0 Å². The van der Waals surface area contributed by atoms with E-state index in [9.17, 15) is 40.5 Å². The number of carbonyl (C=O) groups is 1. The predicted molar refractivity (Wildman–Crippen MR) is 224 cm³/mol. The molecule has 56 heavy (non-hydrogen) atoms. The number of ether oxygens (including phenoxy) is 2. The molecule has 0 saturated carbocycles. The molecule has 1 heterocycles. The van der Waals surface area contributed by atoms with Gasteiger partial charge in [-0.25, -0.2) is 0 Å². The predicted octanol–water partition coefficient (Wildman–Crippen LogP) is 7.28. The van der Waals surface area contributed by atoms with Crippen LogP contribution >= 0.6 is 0 Å². The highest BCUT2D eigenvalue weighted by Crippen LogP contribution is 2.23. The van der Waals surface area contributed by atoms with E-state index in [0.29, 0.717) is 12.8 Å². The lowest BCUT2D eigenvalue weighted by Gasteiger charge is -2.40. The van der Waals surface area contributed by atoms with Gasteiger partial charge < -0.3 is 50.5 Å². The Morgan fingerprint density at radius 1 is 0.607 bits per heavy atom. The van der Waals surface area contributed by atoms with Gasteiger partial charge in [0.2, 0.25) is 5.91 Å². The first-order chi connectivity index (χ1) is 27.2. The van der Waals surface area contributed by atoms with Gasteiger partial charge in [0.1, 0.15) is 36.6 Å². The molecule has 1 fully saturated rings. The van der Waals surface area contributed by atoms with Crippen molar-refractivity contribution in [3.8, 4) is 0 Å². The van der Waals surface area contributed by atoms with Crippen LogP contribution in [0.5, 0.6) is 0 Å². The SMILES string of the molecule is CCCCCCCCCCCCCCCCC/C=C/CCCC(O)C(O)C(COC1OC(CO)C(O)C(O)C1O)NC(=O)C(O)CCCCCCCCCCC. The number of hydrogen-bond donors (Lipinski definition) is 8. The number of carbonyl (C=O) groups excluding carboxylic acids is 1. The van der Waals surface area contributed by atoms with E-state index in [4.69, 9.17) is 9.47 Å². The van der Waals surface area contributed by atoms with Gasteiger partial charge in [-0.3, -0.25) is 4.79 Å². The second-order valence-electron chi connectivity index (χ2n) is 16.5. The van der Waals surface area contributed by atoms with Crippen LogP contribution in [0.2, 0.25) is 0 Å². The van der Waals surface area contributed by atoms with Crippen LogP contribution in [-0.2, 0) is 14.3 Å². The second kappa shape index (κ2) is 35.8. The van der Waals surface area contributed by atoms with Gasteiger partial charge in [0, 0.05) is 0 Å². The molecule has 0 aromatic carbocycles. The minimum absolute atomic E-state index is 0.256. The van der Waals surface area contributed by atoms with E-state index in [1.165, 1.54) is 122 Å². The quantitative estimate of drug-likeness (QED) is 0.0233. The van der Waals surface area contributed by atoms with Gasteiger partial charge in [-0.1, -0.05) is 174 Å². The number of hydrogen-bond acceptors (Lipinski definition) is 10. The molecular weight excluding hydrogens is 714 g/mol. The van der Waals surface area contributed by atoms with Crippen molar-refractivity contribution < 1.29 is 50.0 Å². The molecule has 1 aliphatic heterocycles. The van der Waals surface area contributed by atoms with Gasteiger partial charge in [0.05, 0.1) is 25.4 Å². The molecule has 0 spiro atoms. The fourth-order valence-corrected chi connectivity index (χ4v) is 7.44. The highest BCUT2D eigenvalue weighted by molar-refractivity contribution is 5.80. The Balaban J connectivity index is 2.43. The van der Waals surface area contributed by atoms with E-state index < -0.39 is 74.2 Å². The number of aliphatic hydroxyl groups excluding tert-OH is 7. The molecule has 1 rings (SSSR count). The summed E-state index contributed by atoms with van der Waals surface area (Å²) in [5.74, 6) is -0.708. The summed E-state index contributed by atoms with van der Waals surface area (Å²) in [5.41, 5.74) is 0. The zero-order valence-electron chi connectivity index (χ0n) is 35.6. The first kappa shape index (κ1) is 52.9. The number of aliphatic hydroxyl groups is 7. The molecule has 0 aromatic rings. The molecule has 0 aromatic heterocycles. The van der Waals surface area contributed by atoms with Crippen molar-refractivity contribution in [2.75, 3.05) is 13.2 Å². The van der Waals surface area contributed by atoms with Crippen LogP contribution in [0.3, 0.4) is 0 Å². The third kappa shape index (κ3) is 25.4. The minimum atomic E-state index is -1.66. The van der Waals surface area contributed by atoms with E-state index in [2.05, 4.69) is 31.3 Å². The number of rotatable bonds is 38. The average molecular weight is 802 g/mol. The molecule has 1 amide bonds. The number of amides is 1. The summed E-state index contributed by atoms with van der Waals surface area (Å²) in [5, 5.41) is 75.4. The van der Waals surface area contributed by atoms with Crippen molar-refractivity contribution in [2.45, 2.75) is 255 Å². The van der Waals surface area contributed by atoms with Crippen LogP contribution in [0.15, 0.2) is 12.2 Å². The van der Waals surface area contributed by atoms with Crippen LogP contribution in [-0.4, -0.2) is 110 Å². The standard InChI is InChI=1S/C45H87NO10/c1-3-5-7-9-11-13-14-15-16-17-18-19-20-21-22-23-25-26-28-30-32-37(48)40(50)36(35-55-45-43(53)42(52)41(51)39(34-47)56-45)46-44(54)38(49)33-31-29-27-24-12-10-8-6-4-2/h25-26,36-43,45,47-53H,3-24,27-35H2,1-2H3,(H,46,54)/b26-25+. The summed E-state index contributed by atoms with van der Waals surface area (Å²) < 4.78 is 11.0. The third-order valence-electron chi connectivity index (χ3n) is 11.3. The summed E-state index contributed by atoms with van der Waals surface area (Å²) in [6.07, 6.45) is 25.7. The Labute approximate surface area is 341 Å². The molecule has 1 saturated heterocycles. The van der Waals surface area contributed by atoms with Crippen LogP contribution < -0.4 is 5.32 Å². The lowest BCUT2D eigenvalue weighted by molar-refractivity contribution is -0.303. The maximum absolute atomic E-state index is 13.0. The average Bonchev–Trinajstić information content (AvgIpc) is 3.20. The molecule has 0 bridgehead atoms. The molecule has 9 unspecified atom stereocenters. The minimum Gasteiger partial charge on any atom is -0.394 e. The monoisotopic (exact) mass is 802 g/mol. The normalized spacial score (nSPS) is 22.3. The first-order valence-electron chi connectivity index (χ1n) is 23.1. The highest BCUT2D eigenvalue weighted by Gasteiger charge is 2.44. The number of unbranched alkanes of at least 4 members (excludes halogenated alkanes) is 24. The largest absolute Gasteiger partial charge is 0.394 e. The highest BCUT2D eigenvalue weighted by atomic mass is 16.7. The third-order valence-corrected chi connectivity index (χ3v) is 11.3. The Morgan fingerprint density at radius 2 is 1.05 bits per heavy atom. The molecule has 0 aliphatic carbocycles. The van der Waals surface area contributed by atoms with Gasteiger partial charge >= 0.3 is 0 Å². The zero-order chi connectivity index (χ0) is 41.2. The molecule has 0 radical (unpaired) electrons. The maximum atomic E-state index is 13.0. The Bertz CT molecular complexity index is 923. The molecule has 1 aliphatic rings. The van der Waals surface area contributed by atoms with Crippen molar-refractivity contribution in [1.29, 1.82) is 0 Å². The van der Waals surface area contributed by atoms with Gasteiger partial charge in [0.15, 0.2) is 6.29 Å². The van der Waals surface area contributed by atoms with Crippen LogP contribution in [0.1, 0.15) is 200 Å². The summed E-state index contributed by atoms with van der Waals surface area (Å²) >= 11 is 0. The molecule has 11 nitrogen and oxygen atoms in total.